The molecule has 2 heteroatoms. The van der Waals surface area contributed by atoms with Crippen LogP contribution in [0.3, 0.4) is 0 Å². The van der Waals surface area contributed by atoms with E-state index < -0.39 is 0 Å². The number of hydrogen-bond acceptors (Lipinski definition) is 2. The SMILES string of the molecule is C=CCNCC(C)N1CCCC(C)CC1. The van der Waals surface area contributed by atoms with Gasteiger partial charge in [-0.25, -0.2) is 0 Å². The van der Waals surface area contributed by atoms with E-state index in [1.54, 1.807) is 0 Å². The molecule has 2 unspecified atom stereocenters. The Morgan fingerprint density at radius 3 is 3.00 bits per heavy atom. The Balaban J connectivity index is 2.24. The molecule has 1 aliphatic heterocycles. The van der Waals surface area contributed by atoms with Crippen molar-refractivity contribution in [3.63, 3.8) is 0 Å². The topological polar surface area (TPSA) is 15.3 Å². The second kappa shape index (κ2) is 7.02. The third kappa shape index (κ3) is 4.80. The van der Waals surface area contributed by atoms with Gasteiger partial charge in [-0.1, -0.05) is 13.0 Å². The molecule has 1 heterocycles. The Bertz CT molecular complexity index is 179. The summed E-state index contributed by atoms with van der Waals surface area (Å²) in [5, 5.41) is 3.40. The molecule has 1 N–H and O–H groups in total. The molecule has 0 radical (unpaired) electrons. The van der Waals surface area contributed by atoms with Crippen molar-refractivity contribution in [3.8, 4) is 0 Å². The van der Waals surface area contributed by atoms with Crippen LogP contribution < -0.4 is 5.32 Å². The fourth-order valence-corrected chi connectivity index (χ4v) is 2.25. The van der Waals surface area contributed by atoms with E-state index in [2.05, 4.69) is 30.6 Å². The summed E-state index contributed by atoms with van der Waals surface area (Å²) >= 11 is 0. The van der Waals surface area contributed by atoms with Crippen molar-refractivity contribution in [3.05, 3.63) is 12.7 Å². The molecule has 1 fully saturated rings. The van der Waals surface area contributed by atoms with Gasteiger partial charge in [-0.15, -0.1) is 6.58 Å². The Hall–Kier alpha value is -0.340. The molecule has 0 bridgehead atoms. The van der Waals surface area contributed by atoms with Crippen LogP contribution in [0.1, 0.15) is 33.1 Å². The summed E-state index contributed by atoms with van der Waals surface area (Å²) < 4.78 is 0. The quantitative estimate of drug-likeness (QED) is 0.553. The standard InChI is InChI=1S/C13H26N2/c1-4-8-14-11-13(3)15-9-5-6-12(2)7-10-15/h4,12-14H,1,5-11H2,2-3H3. The van der Waals surface area contributed by atoms with Crippen LogP contribution in [0.4, 0.5) is 0 Å². The maximum Gasteiger partial charge on any atom is 0.0192 e. The minimum atomic E-state index is 0.662. The van der Waals surface area contributed by atoms with E-state index in [4.69, 9.17) is 0 Å². The predicted octanol–water partition coefficient (Wildman–Crippen LogP) is 2.27. The Labute approximate surface area is 94.7 Å². The molecule has 88 valence electrons. The number of nitrogens with one attached hydrogen (secondary N) is 1. The first-order valence-electron chi connectivity index (χ1n) is 6.29. The molecule has 2 atom stereocenters. The van der Waals surface area contributed by atoms with Gasteiger partial charge in [0.2, 0.25) is 0 Å². The average Bonchev–Trinajstić information content (AvgIpc) is 2.43. The second-order valence-corrected chi connectivity index (χ2v) is 4.87. The highest BCUT2D eigenvalue weighted by atomic mass is 15.2. The lowest BCUT2D eigenvalue weighted by Gasteiger charge is -2.27. The number of rotatable bonds is 5. The number of likely N-dealkylation sites (tertiary alicyclic amines) is 1. The molecular formula is C13H26N2. The van der Waals surface area contributed by atoms with Crippen molar-refractivity contribution in [2.24, 2.45) is 5.92 Å². The van der Waals surface area contributed by atoms with E-state index in [1.807, 2.05) is 6.08 Å². The third-order valence-corrected chi connectivity index (χ3v) is 3.40. The zero-order valence-electron chi connectivity index (χ0n) is 10.3. The predicted molar refractivity (Wildman–Crippen MR) is 67.1 cm³/mol. The molecule has 2 nitrogen and oxygen atoms in total. The normalized spacial score (nSPS) is 25.9. The lowest BCUT2D eigenvalue weighted by Crippen LogP contribution is -2.41. The first-order valence-corrected chi connectivity index (χ1v) is 6.29. The van der Waals surface area contributed by atoms with Crippen LogP contribution in [0.25, 0.3) is 0 Å². The molecule has 1 rings (SSSR count). The van der Waals surface area contributed by atoms with Gasteiger partial charge in [-0.05, 0) is 45.2 Å². The second-order valence-electron chi connectivity index (χ2n) is 4.87. The van der Waals surface area contributed by atoms with Gasteiger partial charge < -0.3 is 5.32 Å². The summed E-state index contributed by atoms with van der Waals surface area (Å²) in [6.07, 6.45) is 6.07. The molecule has 0 saturated carbocycles. The van der Waals surface area contributed by atoms with E-state index in [1.165, 1.54) is 32.4 Å². The van der Waals surface area contributed by atoms with E-state index in [9.17, 15) is 0 Å². The van der Waals surface area contributed by atoms with E-state index in [0.29, 0.717) is 6.04 Å². The van der Waals surface area contributed by atoms with Crippen LogP contribution in [0.2, 0.25) is 0 Å². The van der Waals surface area contributed by atoms with Crippen LogP contribution in [0.15, 0.2) is 12.7 Å². The highest BCUT2D eigenvalue weighted by molar-refractivity contribution is 4.76. The summed E-state index contributed by atoms with van der Waals surface area (Å²) in [6, 6.07) is 0.662. The summed E-state index contributed by atoms with van der Waals surface area (Å²) in [5.74, 6) is 0.920. The lowest BCUT2D eigenvalue weighted by molar-refractivity contribution is 0.211. The highest BCUT2D eigenvalue weighted by Crippen LogP contribution is 2.17. The van der Waals surface area contributed by atoms with Crippen LogP contribution in [0, 0.1) is 5.92 Å². The minimum absolute atomic E-state index is 0.662. The van der Waals surface area contributed by atoms with Crippen molar-refractivity contribution >= 4 is 0 Å². The fraction of sp³-hybridized carbons (Fsp3) is 0.846. The average molecular weight is 210 g/mol. The van der Waals surface area contributed by atoms with Crippen molar-refractivity contribution in [2.75, 3.05) is 26.2 Å². The van der Waals surface area contributed by atoms with Crippen molar-refractivity contribution < 1.29 is 0 Å². The molecule has 0 aromatic carbocycles. The number of nitrogens with zero attached hydrogens (tertiary/aromatic N) is 1. The molecule has 0 aliphatic carbocycles. The van der Waals surface area contributed by atoms with Crippen molar-refractivity contribution in [2.45, 2.75) is 39.2 Å². The summed E-state index contributed by atoms with van der Waals surface area (Å²) in [7, 11) is 0. The fourth-order valence-electron chi connectivity index (χ4n) is 2.25. The monoisotopic (exact) mass is 210 g/mol. The molecule has 1 aliphatic rings. The van der Waals surface area contributed by atoms with Crippen molar-refractivity contribution in [1.29, 1.82) is 0 Å². The molecule has 0 spiro atoms. The molecule has 1 saturated heterocycles. The lowest BCUT2D eigenvalue weighted by atomic mass is 10.0. The van der Waals surface area contributed by atoms with Crippen LogP contribution in [-0.4, -0.2) is 37.1 Å². The first-order chi connectivity index (χ1) is 7.24. The Morgan fingerprint density at radius 2 is 2.27 bits per heavy atom. The molecule has 15 heavy (non-hydrogen) atoms. The smallest absolute Gasteiger partial charge is 0.0192 e. The van der Waals surface area contributed by atoms with Crippen LogP contribution in [0.5, 0.6) is 0 Å². The zero-order valence-corrected chi connectivity index (χ0v) is 10.3. The summed E-state index contributed by atoms with van der Waals surface area (Å²) in [4.78, 5) is 2.62. The summed E-state index contributed by atoms with van der Waals surface area (Å²) in [5.41, 5.74) is 0. The van der Waals surface area contributed by atoms with Gasteiger partial charge in [0.1, 0.15) is 0 Å². The van der Waals surface area contributed by atoms with Gasteiger partial charge in [-0.3, -0.25) is 4.90 Å². The minimum Gasteiger partial charge on any atom is -0.312 e. The van der Waals surface area contributed by atoms with Gasteiger partial charge >= 0.3 is 0 Å². The maximum atomic E-state index is 3.72. The Morgan fingerprint density at radius 1 is 1.47 bits per heavy atom. The molecule has 0 aromatic rings. The largest absolute Gasteiger partial charge is 0.312 e. The van der Waals surface area contributed by atoms with Gasteiger partial charge in [-0.2, -0.15) is 0 Å². The summed E-state index contributed by atoms with van der Waals surface area (Å²) in [6.45, 7) is 13.0. The highest BCUT2D eigenvalue weighted by Gasteiger charge is 2.17. The van der Waals surface area contributed by atoms with Crippen LogP contribution >= 0.6 is 0 Å². The van der Waals surface area contributed by atoms with Crippen molar-refractivity contribution in [1.82, 2.24) is 10.2 Å². The van der Waals surface area contributed by atoms with E-state index in [0.717, 1.165) is 19.0 Å². The van der Waals surface area contributed by atoms with E-state index in [-0.39, 0.29) is 0 Å². The first kappa shape index (κ1) is 12.7. The molecule has 0 amide bonds. The van der Waals surface area contributed by atoms with Gasteiger partial charge in [0, 0.05) is 19.1 Å². The molecular weight excluding hydrogens is 184 g/mol. The third-order valence-electron chi connectivity index (χ3n) is 3.40. The molecule has 0 aromatic heterocycles. The van der Waals surface area contributed by atoms with Gasteiger partial charge in [0.15, 0.2) is 0 Å². The van der Waals surface area contributed by atoms with E-state index >= 15 is 0 Å². The van der Waals surface area contributed by atoms with Crippen LogP contribution in [-0.2, 0) is 0 Å². The maximum absolute atomic E-state index is 3.72. The van der Waals surface area contributed by atoms with Gasteiger partial charge in [0.25, 0.3) is 0 Å². The van der Waals surface area contributed by atoms with Gasteiger partial charge in [0.05, 0.1) is 0 Å². The number of hydrogen-bond donors (Lipinski definition) is 1. The Kier molecular flexibility index (Phi) is 5.96. The zero-order chi connectivity index (χ0) is 11.1.